The maximum atomic E-state index is 6.05. The van der Waals surface area contributed by atoms with Crippen molar-refractivity contribution in [2.45, 2.75) is 13.1 Å². The second-order valence-electron chi connectivity index (χ2n) is 3.23. The summed E-state index contributed by atoms with van der Waals surface area (Å²) in [6.45, 7) is 1.39. The highest BCUT2D eigenvalue weighted by atomic mass is 35.5. The van der Waals surface area contributed by atoms with Crippen LogP contribution in [-0.2, 0) is 13.1 Å². The van der Waals surface area contributed by atoms with Gasteiger partial charge in [-0.05, 0) is 12.1 Å². The molecule has 0 aliphatic rings. The van der Waals surface area contributed by atoms with Gasteiger partial charge < -0.3 is 5.32 Å². The lowest BCUT2D eigenvalue weighted by Crippen LogP contribution is -2.13. The van der Waals surface area contributed by atoms with Crippen molar-refractivity contribution in [3.05, 3.63) is 50.4 Å². The lowest BCUT2D eigenvalue weighted by Gasteiger charge is -2.07. The molecule has 1 N–H and O–H groups in total. The first kappa shape index (κ1) is 11.9. The Kier molecular flexibility index (Phi) is 4.18. The van der Waals surface area contributed by atoms with E-state index in [1.807, 2.05) is 23.6 Å². The molecule has 1 heterocycles. The van der Waals surface area contributed by atoms with E-state index in [0.29, 0.717) is 16.6 Å². The molecule has 0 saturated heterocycles. The van der Waals surface area contributed by atoms with E-state index in [1.54, 1.807) is 17.5 Å². The van der Waals surface area contributed by atoms with Crippen molar-refractivity contribution in [3.8, 4) is 0 Å². The van der Waals surface area contributed by atoms with Gasteiger partial charge in [0.05, 0.1) is 0 Å². The Hall–Kier alpha value is -0.610. The molecule has 16 heavy (non-hydrogen) atoms. The number of benzene rings is 1. The fourth-order valence-electron chi connectivity index (χ4n) is 1.34. The lowest BCUT2D eigenvalue weighted by molar-refractivity contribution is 0.690. The van der Waals surface area contributed by atoms with Gasteiger partial charge in [-0.1, -0.05) is 29.3 Å². The normalized spacial score (nSPS) is 10.6. The topological polar surface area (TPSA) is 24.9 Å². The lowest BCUT2D eigenvalue weighted by atomic mass is 10.2. The highest BCUT2D eigenvalue weighted by molar-refractivity contribution is 7.09. The van der Waals surface area contributed by atoms with E-state index >= 15 is 0 Å². The molecule has 2 rings (SSSR count). The molecule has 0 atom stereocenters. The predicted molar refractivity (Wildman–Crippen MR) is 69.1 cm³/mol. The van der Waals surface area contributed by atoms with Crippen LogP contribution in [0.5, 0.6) is 0 Å². The number of hydrogen-bond donors (Lipinski definition) is 1. The molecule has 0 aliphatic heterocycles. The molecule has 1 aromatic carbocycles. The highest BCUT2D eigenvalue weighted by Gasteiger charge is 2.04. The number of nitrogens with zero attached hydrogens (tertiary/aromatic N) is 1. The third kappa shape index (κ3) is 2.95. The van der Waals surface area contributed by atoms with Crippen LogP contribution >= 0.6 is 34.5 Å². The van der Waals surface area contributed by atoms with Gasteiger partial charge in [0.15, 0.2) is 0 Å². The van der Waals surface area contributed by atoms with Crippen LogP contribution in [0, 0.1) is 0 Å². The van der Waals surface area contributed by atoms with Gasteiger partial charge in [0.2, 0.25) is 0 Å². The van der Waals surface area contributed by atoms with E-state index in [9.17, 15) is 0 Å². The third-order valence-electron chi connectivity index (χ3n) is 2.12. The zero-order chi connectivity index (χ0) is 11.4. The molecule has 0 amide bonds. The quantitative estimate of drug-likeness (QED) is 0.917. The Bertz CT molecular complexity index is 437. The summed E-state index contributed by atoms with van der Waals surface area (Å²) in [6.07, 6.45) is 1.80. The van der Waals surface area contributed by atoms with Gasteiger partial charge in [-0.3, -0.25) is 0 Å². The van der Waals surface area contributed by atoms with Gasteiger partial charge in [0.25, 0.3) is 0 Å². The zero-order valence-electron chi connectivity index (χ0n) is 8.41. The van der Waals surface area contributed by atoms with Crippen LogP contribution in [0.15, 0.2) is 29.8 Å². The molecular weight excluding hydrogens is 263 g/mol. The average Bonchev–Trinajstić information content (AvgIpc) is 2.75. The first-order chi connectivity index (χ1) is 7.77. The van der Waals surface area contributed by atoms with Crippen molar-refractivity contribution in [1.29, 1.82) is 0 Å². The molecule has 1 aromatic heterocycles. The van der Waals surface area contributed by atoms with Crippen molar-refractivity contribution in [1.82, 2.24) is 10.3 Å². The summed E-state index contributed by atoms with van der Waals surface area (Å²) >= 11 is 13.7. The Labute approximate surface area is 108 Å². The summed E-state index contributed by atoms with van der Waals surface area (Å²) in [6, 6.07) is 5.52. The summed E-state index contributed by atoms with van der Waals surface area (Å²) in [5, 5.41) is 7.67. The molecule has 5 heteroatoms. The second-order valence-corrected chi connectivity index (χ2v) is 5.02. The van der Waals surface area contributed by atoms with Crippen LogP contribution in [0.25, 0.3) is 0 Å². The fourth-order valence-corrected chi connectivity index (χ4v) is 2.45. The van der Waals surface area contributed by atoms with Crippen LogP contribution in [-0.4, -0.2) is 4.98 Å². The first-order valence-corrected chi connectivity index (χ1v) is 6.43. The van der Waals surface area contributed by atoms with Crippen molar-refractivity contribution in [2.24, 2.45) is 0 Å². The second kappa shape index (κ2) is 5.64. The number of nitrogens with one attached hydrogen (secondary N) is 1. The minimum Gasteiger partial charge on any atom is -0.306 e. The maximum absolute atomic E-state index is 6.05. The first-order valence-electron chi connectivity index (χ1n) is 4.79. The summed E-state index contributed by atoms with van der Waals surface area (Å²) in [7, 11) is 0. The average molecular weight is 273 g/mol. The molecule has 0 spiro atoms. The number of rotatable bonds is 4. The van der Waals surface area contributed by atoms with Crippen molar-refractivity contribution < 1.29 is 0 Å². The van der Waals surface area contributed by atoms with Gasteiger partial charge in [0.1, 0.15) is 5.01 Å². The molecular formula is C11H10Cl2N2S. The summed E-state index contributed by atoms with van der Waals surface area (Å²) < 4.78 is 0. The van der Waals surface area contributed by atoms with E-state index in [0.717, 1.165) is 17.1 Å². The van der Waals surface area contributed by atoms with Gasteiger partial charge in [-0.25, -0.2) is 4.98 Å². The third-order valence-corrected chi connectivity index (χ3v) is 3.61. The Morgan fingerprint density at radius 1 is 1.19 bits per heavy atom. The fraction of sp³-hybridized carbons (Fsp3) is 0.182. The Morgan fingerprint density at radius 2 is 1.94 bits per heavy atom. The molecule has 0 bridgehead atoms. The molecule has 2 aromatic rings. The van der Waals surface area contributed by atoms with Gasteiger partial charge in [-0.15, -0.1) is 11.3 Å². The van der Waals surface area contributed by atoms with E-state index in [4.69, 9.17) is 23.2 Å². The van der Waals surface area contributed by atoms with Gasteiger partial charge in [0, 0.05) is 40.3 Å². The molecule has 0 fully saturated rings. The van der Waals surface area contributed by atoms with Gasteiger partial charge in [-0.2, -0.15) is 0 Å². The van der Waals surface area contributed by atoms with Crippen LogP contribution in [0.2, 0.25) is 10.0 Å². The number of halogens is 2. The largest absolute Gasteiger partial charge is 0.306 e. The van der Waals surface area contributed by atoms with E-state index in [2.05, 4.69) is 10.3 Å². The van der Waals surface area contributed by atoms with Crippen molar-refractivity contribution in [2.75, 3.05) is 0 Å². The zero-order valence-corrected chi connectivity index (χ0v) is 10.7. The van der Waals surface area contributed by atoms with Crippen molar-refractivity contribution >= 4 is 34.5 Å². The van der Waals surface area contributed by atoms with Crippen LogP contribution in [0.4, 0.5) is 0 Å². The summed E-state index contributed by atoms with van der Waals surface area (Å²) in [5.74, 6) is 0. The van der Waals surface area contributed by atoms with Gasteiger partial charge >= 0.3 is 0 Å². The minimum atomic E-state index is 0.651. The molecule has 0 radical (unpaired) electrons. The smallest absolute Gasteiger partial charge is 0.106 e. The molecule has 0 unspecified atom stereocenters. The SMILES string of the molecule is Clc1cccc(Cl)c1CNCc1nccs1. The van der Waals surface area contributed by atoms with Crippen LogP contribution < -0.4 is 5.32 Å². The van der Waals surface area contributed by atoms with Crippen molar-refractivity contribution in [3.63, 3.8) is 0 Å². The molecule has 0 aliphatic carbocycles. The molecule has 84 valence electrons. The highest BCUT2D eigenvalue weighted by Crippen LogP contribution is 2.23. The summed E-state index contributed by atoms with van der Waals surface area (Å²) in [5.41, 5.74) is 0.933. The number of aromatic nitrogens is 1. The molecule has 2 nitrogen and oxygen atoms in total. The maximum Gasteiger partial charge on any atom is 0.106 e. The minimum absolute atomic E-state index is 0.651. The van der Waals surface area contributed by atoms with E-state index < -0.39 is 0 Å². The summed E-state index contributed by atoms with van der Waals surface area (Å²) in [4.78, 5) is 4.18. The number of hydrogen-bond acceptors (Lipinski definition) is 3. The molecule has 0 saturated carbocycles. The van der Waals surface area contributed by atoms with Crippen LogP contribution in [0.1, 0.15) is 10.6 Å². The Morgan fingerprint density at radius 3 is 2.56 bits per heavy atom. The van der Waals surface area contributed by atoms with Crippen LogP contribution in [0.3, 0.4) is 0 Å². The monoisotopic (exact) mass is 272 g/mol. The standard InChI is InChI=1S/C11H10Cl2N2S/c12-9-2-1-3-10(13)8(9)6-14-7-11-15-4-5-16-11/h1-5,14H,6-7H2. The number of thiazole rings is 1. The Balaban J connectivity index is 1.95. The van der Waals surface area contributed by atoms with E-state index in [-0.39, 0.29) is 0 Å². The van der Waals surface area contributed by atoms with E-state index in [1.165, 1.54) is 0 Å². The predicted octanol–water partition coefficient (Wildman–Crippen LogP) is 3.74.